The molecule has 2 aromatic carbocycles. The Morgan fingerprint density at radius 3 is 2.42 bits per heavy atom. The van der Waals surface area contributed by atoms with Gasteiger partial charge in [-0.3, -0.25) is 4.79 Å². The van der Waals surface area contributed by atoms with Gasteiger partial charge in [-0.25, -0.2) is 8.42 Å². The van der Waals surface area contributed by atoms with Gasteiger partial charge in [-0.05, 0) is 31.5 Å². The highest BCUT2D eigenvalue weighted by Gasteiger charge is 2.20. The van der Waals surface area contributed by atoms with E-state index in [1.54, 1.807) is 24.3 Å². The molecule has 1 amide bonds. The molecular formula is C19H24N2O4S. The summed E-state index contributed by atoms with van der Waals surface area (Å²) in [4.78, 5) is 12.3. The molecule has 0 spiro atoms. The molecule has 0 bridgehead atoms. The Balaban J connectivity index is 2.05. The number of rotatable bonds is 8. The van der Waals surface area contributed by atoms with Crippen molar-refractivity contribution in [3.05, 3.63) is 60.2 Å². The highest BCUT2D eigenvalue weighted by Crippen LogP contribution is 2.18. The number of nitrogens with one attached hydrogen (secondary N) is 1. The minimum atomic E-state index is -3.53. The lowest BCUT2D eigenvalue weighted by Crippen LogP contribution is -2.36. The zero-order valence-corrected chi connectivity index (χ0v) is 16.0. The van der Waals surface area contributed by atoms with Gasteiger partial charge < -0.3 is 10.1 Å². The summed E-state index contributed by atoms with van der Waals surface area (Å²) in [6.07, 6.45) is 1.12. The molecule has 0 saturated heterocycles. The second-order valence-corrected chi connectivity index (χ2v) is 8.24. The maximum absolute atomic E-state index is 12.3. The fourth-order valence-corrected chi connectivity index (χ4v) is 3.09. The molecule has 2 aromatic rings. The number of sulfonamides is 1. The van der Waals surface area contributed by atoms with Crippen LogP contribution in [0.1, 0.15) is 19.4 Å². The molecule has 0 heterocycles. The summed E-state index contributed by atoms with van der Waals surface area (Å²) in [5.41, 5.74) is 1.37. The zero-order valence-electron chi connectivity index (χ0n) is 15.2. The first-order valence-corrected chi connectivity index (χ1v) is 10.1. The van der Waals surface area contributed by atoms with E-state index in [4.69, 9.17) is 4.74 Å². The maximum Gasteiger partial charge on any atom is 0.239 e. The van der Waals surface area contributed by atoms with E-state index in [0.717, 1.165) is 16.1 Å². The molecule has 0 aliphatic carbocycles. The van der Waals surface area contributed by atoms with Gasteiger partial charge in [0.15, 0.2) is 0 Å². The van der Waals surface area contributed by atoms with E-state index in [0.29, 0.717) is 11.4 Å². The monoisotopic (exact) mass is 376 g/mol. The number of carbonyl (C=O) groups is 1. The zero-order chi connectivity index (χ0) is 19.2. The van der Waals surface area contributed by atoms with Gasteiger partial charge in [-0.1, -0.05) is 36.4 Å². The molecule has 1 N–H and O–H groups in total. The van der Waals surface area contributed by atoms with E-state index in [1.165, 1.54) is 0 Å². The number of nitrogens with zero attached hydrogens (tertiary/aromatic N) is 1. The van der Waals surface area contributed by atoms with Crippen LogP contribution in [0.25, 0.3) is 0 Å². The molecule has 0 aromatic heterocycles. The smallest absolute Gasteiger partial charge is 0.239 e. The highest BCUT2D eigenvalue weighted by molar-refractivity contribution is 7.88. The van der Waals surface area contributed by atoms with Crippen LogP contribution in [-0.2, 0) is 21.4 Å². The van der Waals surface area contributed by atoms with Crippen LogP contribution in [0, 0.1) is 0 Å². The fraction of sp³-hybridized carbons (Fsp3) is 0.316. The average molecular weight is 376 g/mol. The summed E-state index contributed by atoms with van der Waals surface area (Å²) < 4.78 is 30.8. The van der Waals surface area contributed by atoms with Crippen LogP contribution in [0.3, 0.4) is 0 Å². The molecule has 2 rings (SSSR count). The third-order valence-electron chi connectivity index (χ3n) is 3.48. The summed E-state index contributed by atoms with van der Waals surface area (Å²) in [6, 6.07) is 16.2. The minimum Gasteiger partial charge on any atom is -0.491 e. The second kappa shape index (κ2) is 8.82. The van der Waals surface area contributed by atoms with Crippen molar-refractivity contribution in [2.24, 2.45) is 0 Å². The Morgan fingerprint density at radius 1 is 1.12 bits per heavy atom. The normalized spacial score (nSPS) is 11.6. The Morgan fingerprint density at radius 2 is 1.81 bits per heavy atom. The Hall–Kier alpha value is -2.38. The van der Waals surface area contributed by atoms with Crippen molar-refractivity contribution in [2.45, 2.75) is 26.5 Å². The van der Waals surface area contributed by atoms with Crippen LogP contribution in [0.4, 0.5) is 5.69 Å². The molecule has 0 atom stereocenters. The van der Waals surface area contributed by atoms with Gasteiger partial charge in [-0.2, -0.15) is 4.31 Å². The first-order valence-electron chi connectivity index (χ1n) is 8.29. The van der Waals surface area contributed by atoms with Crippen LogP contribution >= 0.6 is 0 Å². The van der Waals surface area contributed by atoms with Crippen molar-refractivity contribution in [1.29, 1.82) is 0 Å². The van der Waals surface area contributed by atoms with Crippen LogP contribution in [0.2, 0.25) is 0 Å². The van der Waals surface area contributed by atoms with E-state index in [2.05, 4.69) is 5.32 Å². The van der Waals surface area contributed by atoms with Gasteiger partial charge in [-0.15, -0.1) is 0 Å². The first kappa shape index (κ1) is 19.9. The first-order chi connectivity index (χ1) is 12.2. The summed E-state index contributed by atoms with van der Waals surface area (Å²) in [5.74, 6) is 0.232. The van der Waals surface area contributed by atoms with Crippen LogP contribution in [-0.4, -0.2) is 37.5 Å². The van der Waals surface area contributed by atoms with Crippen molar-refractivity contribution in [2.75, 3.05) is 18.1 Å². The number of anilines is 1. The lowest BCUT2D eigenvalue weighted by Gasteiger charge is -2.19. The number of hydrogen-bond acceptors (Lipinski definition) is 4. The fourth-order valence-electron chi connectivity index (χ4n) is 2.36. The summed E-state index contributed by atoms with van der Waals surface area (Å²) in [5, 5.41) is 2.72. The maximum atomic E-state index is 12.3. The lowest BCUT2D eigenvalue weighted by atomic mass is 10.2. The van der Waals surface area contributed by atoms with Gasteiger partial charge in [0.1, 0.15) is 5.75 Å². The highest BCUT2D eigenvalue weighted by atomic mass is 32.2. The molecule has 26 heavy (non-hydrogen) atoms. The Bertz CT molecular complexity index is 836. The van der Waals surface area contributed by atoms with Crippen molar-refractivity contribution in [3.8, 4) is 5.75 Å². The second-order valence-electron chi connectivity index (χ2n) is 6.26. The molecule has 0 saturated carbocycles. The molecule has 0 aliphatic rings. The van der Waals surface area contributed by atoms with Crippen molar-refractivity contribution < 1.29 is 17.9 Å². The third-order valence-corrected chi connectivity index (χ3v) is 4.68. The predicted octanol–water partition coefficient (Wildman–Crippen LogP) is 2.87. The van der Waals surface area contributed by atoms with Crippen molar-refractivity contribution in [3.63, 3.8) is 0 Å². The van der Waals surface area contributed by atoms with Crippen molar-refractivity contribution in [1.82, 2.24) is 4.31 Å². The summed E-state index contributed by atoms with van der Waals surface area (Å²) in [7, 11) is -3.53. The van der Waals surface area contributed by atoms with E-state index in [1.807, 2.05) is 44.2 Å². The summed E-state index contributed by atoms with van der Waals surface area (Å²) >= 11 is 0. The molecule has 7 heteroatoms. The van der Waals surface area contributed by atoms with E-state index >= 15 is 0 Å². The van der Waals surface area contributed by atoms with Crippen LogP contribution < -0.4 is 10.1 Å². The molecular weight excluding hydrogens is 352 g/mol. The average Bonchev–Trinajstić information content (AvgIpc) is 2.54. The van der Waals surface area contributed by atoms with Gasteiger partial charge in [0.25, 0.3) is 0 Å². The minimum absolute atomic E-state index is 0.0209. The molecule has 6 nitrogen and oxygen atoms in total. The lowest BCUT2D eigenvalue weighted by molar-refractivity contribution is -0.116. The third kappa shape index (κ3) is 6.50. The van der Waals surface area contributed by atoms with Gasteiger partial charge in [0.05, 0.1) is 18.9 Å². The Labute approximate surface area is 154 Å². The molecule has 0 radical (unpaired) electrons. The van der Waals surface area contributed by atoms with Gasteiger partial charge in [0.2, 0.25) is 15.9 Å². The molecule has 0 unspecified atom stereocenters. The van der Waals surface area contributed by atoms with Gasteiger partial charge >= 0.3 is 0 Å². The molecule has 0 aliphatic heterocycles. The number of benzene rings is 2. The van der Waals surface area contributed by atoms with Crippen LogP contribution in [0.15, 0.2) is 54.6 Å². The Kier molecular flexibility index (Phi) is 6.76. The largest absolute Gasteiger partial charge is 0.491 e. The van der Waals surface area contributed by atoms with E-state index < -0.39 is 15.9 Å². The number of ether oxygens (including phenoxy) is 1. The quantitative estimate of drug-likeness (QED) is 0.769. The van der Waals surface area contributed by atoms with Crippen LogP contribution in [0.5, 0.6) is 5.75 Å². The number of amides is 1. The summed E-state index contributed by atoms with van der Waals surface area (Å²) in [6.45, 7) is 3.71. The van der Waals surface area contributed by atoms with E-state index in [9.17, 15) is 13.2 Å². The predicted molar refractivity (Wildman–Crippen MR) is 103 cm³/mol. The molecule has 140 valence electrons. The van der Waals surface area contributed by atoms with Crippen molar-refractivity contribution >= 4 is 21.6 Å². The topological polar surface area (TPSA) is 75.7 Å². The SMILES string of the molecule is CC(C)Oc1cccc(NC(=O)CN(Cc2ccccc2)S(C)(=O)=O)c1. The molecule has 0 fully saturated rings. The number of hydrogen-bond donors (Lipinski definition) is 1. The van der Waals surface area contributed by atoms with Gasteiger partial charge in [0, 0.05) is 18.3 Å². The standard InChI is InChI=1S/C19H24N2O4S/c1-15(2)25-18-11-7-10-17(12-18)20-19(22)14-21(26(3,23)24)13-16-8-5-4-6-9-16/h4-12,15H,13-14H2,1-3H3,(H,20,22). The number of carbonyl (C=O) groups excluding carboxylic acids is 1. The van der Waals surface area contributed by atoms with E-state index in [-0.39, 0.29) is 19.2 Å².